The maximum atomic E-state index is 10.7. The standard InChI is InChI=1S/C34H32BN3O3/c1-33(2,39)34(3,4)41-35-24-20-26-25-18-12-7-13-19-28(25)40-29(26)27(21-24)32-37-30(22-14-8-5-9-15-22)36-31(38-32)23-16-10-6-11-17-23/h5-12,14-21,35,39H,13H2,1-4H3. The third kappa shape index (κ3) is 5.39. The Morgan fingerprint density at radius 1 is 0.829 bits per heavy atom. The molecule has 1 aliphatic rings. The summed E-state index contributed by atoms with van der Waals surface area (Å²) in [5, 5.41) is 12.7. The smallest absolute Gasteiger partial charge is 0.309 e. The number of hydrogen-bond acceptors (Lipinski definition) is 6. The van der Waals surface area contributed by atoms with E-state index in [1.54, 1.807) is 13.8 Å². The lowest BCUT2D eigenvalue weighted by Crippen LogP contribution is -2.49. The van der Waals surface area contributed by atoms with E-state index >= 15 is 0 Å². The van der Waals surface area contributed by atoms with Crippen molar-refractivity contribution in [1.29, 1.82) is 0 Å². The minimum atomic E-state index is -1.02. The van der Waals surface area contributed by atoms with Crippen LogP contribution in [0.15, 0.2) is 89.4 Å². The molecule has 0 amide bonds. The highest BCUT2D eigenvalue weighted by atomic mass is 16.5. The Labute approximate surface area is 240 Å². The first-order valence-electron chi connectivity index (χ1n) is 13.9. The molecule has 204 valence electrons. The van der Waals surface area contributed by atoms with Gasteiger partial charge in [-0.25, -0.2) is 15.0 Å². The van der Waals surface area contributed by atoms with Gasteiger partial charge in [0.2, 0.25) is 0 Å². The molecule has 41 heavy (non-hydrogen) atoms. The van der Waals surface area contributed by atoms with Gasteiger partial charge in [0.25, 0.3) is 0 Å². The van der Waals surface area contributed by atoms with Gasteiger partial charge in [-0.2, -0.15) is 0 Å². The van der Waals surface area contributed by atoms with Crippen LogP contribution >= 0.6 is 0 Å². The van der Waals surface area contributed by atoms with E-state index in [-0.39, 0.29) is 0 Å². The molecule has 0 fully saturated rings. The molecule has 1 aliphatic carbocycles. The number of aliphatic hydroxyl groups is 1. The number of fused-ring (bicyclic) bond motifs is 3. The molecule has 0 aliphatic heterocycles. The Morgan fingerprint density at radius 3 is 2.05 bits per heavy atom. The zero-order valence-corrected chi connectivity index (χ0v) is 23.8. The van der Waals surface area contributed by atoms with E-state index in [0.29, 0.717) is 30.5 Å². The molecule has 2 heterocycles. The van der Waals surface area contributed by atoms with E-state index in [1.807, 2.05) is 80.6 Å². The summed E-state index contributed by atoms with van der Waals surface area (Å²) in [6, 6.07) is 24.0. The molecule has 2 aromatic heterocycles. The summed E-state index contributed by atoms with van der Waals surface area (Å²) < 4.78 is 12.8. The average molecular weight is 541 g/mol. The number of furan rings is 1. The molecule has 6 rings (SSSR count). The van der Waals surface area contributed by atoms with Gasteiger partial charge in [0.1, 0.15) is 11.0 Å². The van der Waals surface area contributed by atoms with Crippen molar-refractivity contribution < 1.29 is 14.2 Å². The van der Waals surface area contributed by atoms with E-state index in [2.05, 4.69) is 30.4 Å². The Bertz CT molecular complexity index is 1810. The third-order valence-electron chi connectivity index (χ3n) is 7.77. The maximum absolute atomic E-state index is 10.7. The number of nitrogens with zero attached hydrogens (tertiary/aromatic N) is 3. The van der Waals surface area contributed by atoms with Crippen molar-refractivity contribution in [3.63, 3.8) is 0 Å². The first-order valence-corrected chi connectivity index (χ1v) is 13.9. The van der Waals surface area contributed by atoms with Gasteiger partial charge in [0.15, 0.2) is 17.5 Å². The zero-order chi connectivity index (χ0) is 28.6. The molecular formula is C34H32BN3O3. The zero-order valence-electron chi connectivity index (χ0n) is 23.8. The molecule has 0 bridgehead atoms. The van der Waals surface area contributed by atoms with E-state index in [9.17, 15) is 5.11 Å². The topological polar surface area (TPSA) is 81.3 Å². The fourth-order valence-electron chi connectivity index (χ4n) is 4.66. The lowest BCUT2D eigenvalue weighted by Gasteiger charge is -2.37. The van der Waals surface area contributed by atoms with Crippen LogP contribution in [0.5, 0.6) is 0 Å². The van der Waals surface area contributed by atoms with Crippen LogP contribution < -0.4 is 16.1 Å². The van der Waals surface area contributed by atoms with Crippen LogP contribution in [-0.2, 0) is 4.65 Å². The fourth-order valence-corrected chi connectivity index (χ4v) is 4.66. The largest absolute Gasteiger partial charge is 0.456 e. The van der Waals surface area contributed by atoms with Crippen molar-refractivity contribution in [3.05, 3.63) is 95.6 Å². The minimum absolute atomic E-state index is 0.293. The molecule has 6 nitrogen and oxygen atoms in total. The number of allylic oxidation sites excluding steroid dienone is 2. The molecular weight excluding hydrogens is 509 g/mol. The molecule has 0 radical (unpaired) electrons. The second kappa shape index (κ2) is 10.6. The third-order valence-corrected chi connectivity index (χ3v) is 7.77. The van der Waals surface area contributed by atoms with Gasteiger partial charge in [-0.1, -0.05) is 96.5 Å². The highest BCUT2D eigenvalue weighted by Gasteiger charge is 2.35. The van der Waals surface area contributed by atoms with Gasteiger partial charge in [-0.05, 0) is 40.2 Å². The van der Waals surface area contributed by atoms with Crippen LogP contribution in [0.25, 0.3) is 57.3 Å². The number of rotatable bonds is 7. The summed E-state index contributed by atoms with van der Waals surface area (Å²) in [5.74, 6) is 1.69. The molecule has 3 aromatic carbocycles. The van der Waals surface area contributed by atoms with Gasteiger partial charge in [0, 0.05) is 21.7 Å². The molecule has 1 N–H and O–H groups in total. The average Bonchev–Trinajstić information content (AvgIpc) is 3.15. The van der Waals surface area contributed by atoms with Gasteiger partial charge in [0.05, 0.1) is 16.8 Å². The molecule has 7 heteroatoms. The van der Waals surface area contributed by atoms with Crippen LogP contribution in [0.2, 0.25) is 0 Å². The highest BCUT2D eigenvalue weighted by Crippen LogP contribution is 2.29. The maximum Gasteiger partial charge on any atom is 0.309 e. The summed E-state index contributed by atoms with van der Waals surface area (Å²) in [7, 11) is 0.293. The SMILES string of the molecule is CC(C)(O)C(C)(C)OBc1cc(-c2nc(-c3ccccc3)nc(-c3ccccc3)n2)c2oc3c(c2c1)=CC=CCC=3. The van der Waals surface area contributed by atoms with Crippen molar-refractivity contribution in [2.45, 2.75) is 45.3 Å². The van der Waals surface area contributed by atoms with Crippen molar-refractivity contribution in [2.24, 2.45) is 0 Å². The Hall–Kier alpha value is -4.33. The van der Waals surface area contributed by atoms with Crippen LogP contribution in [0, 0.1) is 0 Å². The van der Waals surface area contributed by atoms with Crippen LogP contribution in [0.4, 0.5) is 0 Å². The number of benzene rings is 3. The minimum Gasteiger partial charge on any atom is -0.456 e. The molecule has 0 saturated carbocycles. The normalized spacial score (nSPS) is 13.3. The summed E-state index contributed by atoms with van der Waals surface area (Å²) in [4.78, 5) is 14.8. The van der Waals surface area contributed by atoms with Crippen molar-refractivity contribution in [3.8, 4) is 34.2 Å². The summed E-state index contributed by atoms with van der Waals surface area (Å²) in [6.45, 7) is 7.31. The predicted octanol–water partition coefficient (Wildman–Crippen LogP) is 4.68. The molecule has 0 unspecified atom stereocenters. The molecule has 0 saturated heterocycles. The lowest BCUT2D eigenvalue weighted by molar-refractivity contribution is -0.0893. The molecule has 5 aromatic rings. The Kier molecular flexibility index (Phi) is 6.93. The van der Waals surface area contributed by atoms with Gasteiger partial charge < -0.3 is 14.2 Å². The van der Waals surface area contributed by atoms with Gasteiger partial charge >= 0.3 is 7.48 Å². The number of aromatic nitrogens is 3. The van der Waals surface area contributed by atoms with Crippen molar-refractivity contribution in [2.75, 3.05) is 0 Å². The summed E-state index contributed by atoms with van der Waals surface area (Å²) in [5.41, 5.74) is 3.23. The predicted molar refractivity (Wildman–Crippen MR) is 166 cm³/mol. The van der Waals surface area contributed by atoms with Crippen molar-refractivity contribution in [1.82, 2.24) is 15.0 Å². The van der Waals surface area contributed by atoms with E-state index < -0.39 is 11.2 Å². The second-order valence-corrected chi connectivity index (χ2v) is 11.3. The number of hydrogen-bond donors (Lipinski definition) is 1. The van der Waals surface area contributed by atoms with Crippen LogP contribution in [-0.4, -0.2) is 38.7 Å². The van der Waals surface area contributed by atoms with E-state index in [1.165, 1.54) is 0 Å². The first-order chi connectivity index (χ1) is 19.7. The lowest BCUT2D eigenvalue weighted by atomic mass is 9.81. The van der Waals surface area contributed by atoms with Crippen LogP contribution in [0.3, 0.4) is 0 Å². The highest BCUT2D eigenvalue weighted by molar-refractivity contribution is 6.48. The second-order valence-electron chi connectivity index (χ2n) is 11.3. The fraction of sp³-hybridized carbons (Fsp3) is 0.206. The Balaban J connectivity index is 1.59. The molecule has 0 atom stereocenters. The summed E-state index contributed by atoms with van der Waals surface area (Å²) in [6.07, 6.45) is 9.12. The van der Waals surface area contributed by atoms with Crippen molar-refractivity contribution >= 4 is 36.1 Å². The monoisotopic (exact) mass is 541 g/mol. The molecule has 0 spiro atoms. The van der Waals surface area contributed by atoms with Gasteiger partial charge in [-0.15, -0.1) is 0 Å². The Morgan fingerprint density at radius 2 is 1.44 bits per heavy atom. The van der Waals surface area contributed by atoms with Crippen LogP contribution in [0.1, 0.15) is 34.1 Å². The first kappa shape index (κ1) is 26.9. The van der Waals surface area contributed by atoms with Gasteiger partial charge in [-0.3, -0.25) is 0 Å². The van der Waals surface area contributed by atoms with E-state index in [0.717, 1.165) is 44.6 Å². The van der Waals surface area contributed by atoms with E-state index in [4.69, 9.17) is 24.0 Å². The quantitative estimate of drug-likeness (QED) is 0.302. The summed E-state index contributed by atoms with van der Waals surface area (Å²) >= 11 is 0.